The van der Waals surface area contributed by atoms with Crippen LogP contribution in [-0.4, -0.2) is 70.3 Å². The molecular formula is C22H30N8O. The predicted octanol–water partition coefficient (Wildman–Crippen LogP) is 1.55. The normalized spacial score (nSPS) is 18.6. The molecule has 0 amide bonds. The Morgan fingerprint density at radius 2 is 1.74 bits per heavy atom. The molecule has 0 bridgehead atoms. The van der Waals surface area contributed by atoms with Gasteiger partial charge in [-0.25, -0.2) is 9.78 Å². The summed E-state index contributed by atoms with van der Waals surface area (Å²) in [5.41, 5.74) is 3.61. The molecule has 5 rings (SSSR count). The quantitative estimate of drug-likeness (QED) is 0.660. The van der Waals surface area contributed by atoms with Gasteiger partial charge >= 0.3 is 5.69 Å². The highest BCUT2D eigenvalue weighted by Crippen LogP contribution is 2.25. The number of benzene rings is 1. The van der Waals surface area contributed by atoms with Crippen LogP contribution in [0.5, 0.6) is 0 Å². The number of fused-ring (bicyclic) bond motifs is 1. The van der Waals surface area contributed by atoms with E-state index in [-0.39, 0.29) is 11.7 Å². The van der Waals surface area contributed by atoms with Crippen molar-refractivity contribution in [1.29, 1.82) is 0 Å². The summed E-state index contributed by atoms with van der Waals surface area (Å²) in [4.78, 5) is 26.8. The smallest absolute Gasteiger partial charge is 0.330 e. The molecule has 0 atom stereocenters. The maximum Gasteiger partial charge on any atom is 0.330 e. The molecule has 2 aliphatic heterocycles. The fourth-order valence-corrected chi connectivity index (χ4v) is 4.59. The van der Waals surface area contributed by atoms with E-state index in [4.69, 9.17) is 4.98 Å². The summed E-state index contributed by atoms with van der Waals surface area (Å²) in [6, 6.07) is 8.54. The molecule has 2 fully saturated rings. The van der Waals surface area contributed by atoms with Gasteiger partial charge in [-0.15, -0.1) is 0 Å². The Hall–Kier alpha value is -2.91. The van der Waals surface area contributed by atoms with Crippen molar-refractivity contribution in [3.8, 4) is 0 Å². The zero-order chi connectivity index (χ0) is 21.4. The minimum atomic E-state index is -0.0172. The van der Waals surface area contributed by atoms with Crippen molar-refractivity contribution < 1.29 is 0 Å². The Balaban J connectivity index is 1.40. The van der Waals surface area contributed by atoms with E-state index < -0.39 is 0 Å². The Morgan fingerprint density at radius 3 is 2.45 bits per heavy atom. The molecule has 164 valence electrons. The molecule has 2 saturated heterocycles. The highest BCUT2D eigenvalue weighted by molar-refractivity contribution is 5.73. The van der Waals surface area contributed by atoms with E-state index in [1.54, 1.807) is 17.8 Å². The highest BCUT2D eigenvalue weighted by Gasteiger charge is 2.24. The van der Waals surface area contributed by atoms with Crippen LogP contribution in [0.15, 0.2) is 35.3 Å². The molecule has 2 N–H and O–H groups in total. The van der Waals surface area contributed by atoms with E-state index in [1.165, 1.54) is 5.69 Å². The Morgan fingerprint density at radius 1 is 1.03 bits per heavy atom. The van der Waals surface area contributed by atoms with Gasteiger partial charge in [0.05, 0.1) is 6.20 Å². The van der Waals surface area contributed by atoms with E-state index >= 15 is 0 Å². The van der Waals surface area contributed by atoms with Crippen LogP contribution in [-0.2, 0) is 7.05 Å². The number of rotatable bonds is 4. The van der Waals surface area contributed by atoms with E-state index in [2.05, 4.69) is 56.7 Å². The third-order valence-corrected chi connectivity index (χ3v) is 6.49. The second-order valence-electron chi connectivity index (χ2n) is 8.56. The molecule has 0 spiro atoms. The summed E-state index contributed by atoms with van der Waals surface area (Å²) in [6.45, 7) is 6.06. The molecule has 3 aromatic rings. The Kier molecular flexibility index (Phi) is 5.37. The predicted molar refractivity (Wildman–Crippen MR) is 123 cm³/mol. The van der Waals surface area contributed by atoms with Crippen molar-refractivity contribution in [3.63, 3.8) is 0 Å². The van der Waals surface area contributed by atoms with Crippen molar-refractivity contribution in [3.05, 3.63) is 40.9 Å². The molecule has 0 saturated carbocycles. The molecule has 4 heterocycles. The van der Waals surface area contributed by atoms with Gasteiger partial charge in [0.25, 0.3) is 0 Å². The van der Waals surface area contributed by atoms with Gasteiger partial charge in [0.15, 0.2) is 5.65 Å². The van der Waals surface area contributed by atoms with Gasteiger partial charge in [-0.2, -0.15) is 4.98 Å². The molecule has 31 heavy (non-hydrogen) atoms. The maximum absolute atomic E-state index is 12.9. The SMILES string of the molecule is CN1CCC(n2c(=O)n(C)c3cnc(Nc4ccc(N5CCNCC5)cc4)nc32)CC1. The van der Waals surface area contributed by atoms with Gasteiger partial charge < -0.3 is 20.4 Å². The van der Waals surface area contributed by atoms with Gasteiger partial charge in [-0.3, -0.25) is 9.13 Å². The van der Waals surface area contributed by atoms with Crippen molar-refractivity contribution in [2.24, 2.45) is 7.05 Å². The molecule has 2 aliphatic rings. The third-order valence-electron chi connectivity index (χ3n) is 6.49. The van der Waals surface area contributed by atoms with Crippen LogP contribution in [0.25, 0.3) is 11.2 Å². The number of anilines is 3. The summed E-state index contributed by atoms with van der Waals surface area (Å²) in [5.74, 6) is 0.509. The van der Waals surface area contributed by atoms with Gasteiger partial charge in [-0.1, -0.05) is 0 Å². The van der Waals surface area contributed by atoms with Crippen molar-refractivity contribution >= 4 is 28.5 Å². The standard InChI is InChI=1S/C22H30N8O/c1-27-11-7-18(8-12-27)30-20-19(28(2)22(30)31)15-24-21(26-20)25-16-3-5-17(6-4-16)29-13-9-23-10-14-29/h3-6,15,18,23H,7-14H2,1-2H3,(H,24,25,26). The van der Waals surface area contributed by atoms with Crippen molar-refractivity contribution in [2.45, 2.75) is 18.9 Å². The lowest BCUT2D eigenvalue weighted by Gasteiger charge is -2.29. The number of imidazole rings is 1. The summed E-state index contributed by atoms with van der Waals surface area (Å²) >= 11 is 0. The molecule has 9 heteroatoms. The summed E-state index contributed by atoms with van der Waals surface area (Å²) in [7, 11) is 3.92. The zero-order valence-corrected chi connectivity index (χ0v) is 18.2. The zero-order valence-electron chi connectivity index (χ0n) is 18.2. The molecule has 9 nitrogen and oxygen atoms in total. The van der Waals surface area contributed by atoms with Crippen LogP contribution in [0.2, 0.25) is 0 Å². The average molecular weight is 423 g/mol. The van der Waals surface area contributed by atoms with Gasteiger partial charge in [0, 0.05) is 50.6 Å². The number of nitrogens with zero attached hydrogens (tertiary/aromatic N) is 6. The first-order valence-electron chi connectivity index (χ1n) is 11.1. The van der Waals surface area contributed by atoms with Crippen LogP contribution in [0, 0.1) is 0 Å². The monoisotopic (exact) mass is 422 g/mol. The van der Waals surface area contributed by atoms with Gasteiger partial charge in [0.2, 0.25) is 5.95 Å². The van der Waals surface area contributed by atoms with Crippen LogP contribution in [0.4, 0.5) is 17.3 Å². The van der Waals surface area contributed by atoms with Crippen LogP contribution >= 0.6 is 0 Å². The van der Waals surface area contributed by atoms with Gasteiger partial charge in [-0.05, 0) is 57.2 Å². The number of piperazine rings is 1. The van der Waals surface area contributed by atoms with E-state index in [0.29, 0.717) is 11.6 Å². The fraction of sp³-hybridized carbons (Fsp3) is 0.500. The first-order valence-corrected chi connectivity index (χ1v) is 11.1. The Bertz CT molecular complexity index is 1100. The van der Waals surface area contributed by atoms with Crippen molar-refractivity contribution in [2.75, 3.05) is 56.5 Å². The Labute approximate surface area is 181 Å². The highest BCUT2D eigenvalue weighted by atomic mass is 16.1. The minimum Gasteiger partial charge on any atom is -0.369 e. The first kappa shape index (κ1) is 20.0. The van der Waals surface area contributed by atoms with E-state index in [9.17, 15) is 4.79 Å². The maximum atomic E-state index is 12.9. The topological polar surface area (TPSA) is 83.2 Å². The number of hydrogen-bond donors (Lipinski definition) is 2. The second kappa shape index (κ2) is 8.32. The molecule has 0 unspecified atom stereocenters. The minimum absolute atomic E-state index is 0.0172. The lowest BCUT2D eigenvalue weighted by molar-refractivity contribution is 0.220. The lowest BCUT2D eigenvalue weighted by atomic mass is 10.1. The number of hydrogen-bond acceptors (Lipinski definition) is 7. The number of aryl methyl sites for hydroxylation is 1. The van der Waals surface area contributed by atoms with Gasteiger partial charge in [0.1, 0.15) is 5.52 Å². The van der Waals surface area contributed by atoms with E-state index in [1.807, 2.05) is 4.57 Å². The number of piperidine rings is 1. The van der Waals surface area contributed by atoms with Crippen LogP contribution < -0.4 is 21.2 Å². The average Bonchev–Trinajstić information content (AvgIpc) is 3.05. The molecule has 1 aromatic carbocycles. The molecular weight excluding hydrogens is 392 g/mol. The largest absolute Gasteiger partial charge is 0.369 e. The lowest BCUT2D eigenvalue weighted by Crippen LogP contribution is -2.43. The number of aromatic nitrogens is 4. The number of nitrogens with one attached hydrogen (secondary N) is 2. The summed E-state index contributed by atoms with van der Waals surface area (Å²) < 4.78 is 3.52. The third kappa shape index (κ3) is 3.90. The second-order valence-corrected chi connectivity index (χ2v) is 8.56. The fourth-order valence-electron chi connectivity index (χ4n) is 4.59. The van der Waals surface area contributed by atoms with Crippen LogP contribution in [0.1, 0.15) is 18.9 Å². The first-order chi connectivity index (χ1) is 15.1. The molecule has 2 aromatic heterocycles. The van der Waals surface area contributed by atoms with E-state index in [0.717, 1.165) is 63.3 Å². The summed E-state index contributed by atoms with van der Waals surface area (Å²) in [5, 5.41) is 6.69. The molecule has 0 aliphatic carbocycles. The van der Waals surface area contributed by atoms with Crippen molar-refractivity contribution in [1.82, 2.24) is 29.3 Å². The van der Waals surface area contributed by atoms with Crippen LogP contribution in [0.3, 0.4) is 0 Å². The summed E-state index contributed by atoms with van der Waals surface area (Å²) in [6.07, 6.45) is 3.65. The molecule has 0 radical (unpaired) electrons. The number of likely N-dealkylation sites (tertiary alicyclic amines) is 1.